The van der Waals surface area contributed by atoms with Crippen LogP contribution in [0.4, 0.5) is 0 Å². The quantitative estimate of drug-likeness (QED) is 0.826. The monoisotopic (exact) mass is 382 g/mol. The van der Waals surface area contributed by atoms with Gasteiger partial charge in [0.15, 0.2) is 0 Å². The molecular weight excluding hydrogens is 356 g/mol. The molecular formula is C22H26N2O2S. The van der Waals surface area contributed by atoms with E-state index >= 15 is 0 Å². The predicted octanol–water partition coefficient (Wildman–Crippen LogP) is 3.80. The summed E-state index contributed by atoms with van der Waals surface area (Å²) in [5.74, 6) is 0.801. The van der Waals surface area contributed by atoms with Crippen molar-refractivity contribution in [3.05, 3.63) is 58.3 Å². The highest BCUT2D eigenvalue weighted by Crippen LogP contribution is 2.34. The second-order valence-electron chi connectivity index (χ2n) is 7.69. The second-order valence-corrected chi connectivity index (χ2v) is 8.72. The van der Waals surface area contributed by atoms with E-state index in [2.05, 4.69) is 17.4 Å². The largest absolute Gasteiger partial charge is 0.356 e. The molecule has 1 saturated carbocycles. The van der Waals surface area contributed by atoms with E-state index in [1.165, 1.54) is 12.8 Å². The van der Waals surface area contributed by atoms with E-state index in [1.54, 1.807) is 11.3 Å². The third-order valence-electron chi connectivity index (χ3n) is 5.62. The number of piperidine rings is 1. The Morgan fingerprint density at radius 1 is 1.04 bits per heavy atom. The first kappa shape index (κ1) is 18.2. The molecule has 1 aliphatic carbocycles. The van der Waals surface area contributed by atoms with Gasteiger partial charge >= 0.3 is 0 Å². The Labute approximate surface area is 164 Å². The molecule has 4 nitrogen and oxygen atoms in total. The second kappa shape index (κ2) is 8.26. The van der Waals surface area contributed by atoms with Gasteiger partial charge in [-0.2, -0.15) is 0 Å². The number of thiophene rings is 1. The lowest BCUT2D eigenvalue weighted by Gasteiger charge is -2.39. The van der Waals surface area contributed by atoms with Crippen molar-refractivity contribution < 1.29 is 9.59 Å². The van der Waals surface area contributed by atoms with Crippen LogP contribution in [0.15, 0.2) is 47.8 Å². The fourth-order valence-electron chi connectivity index (χ4n) is 3.86. The maximum atomic E-state index is 13.1. The standard InChI is InChI=1S/C22H26N2O2S/c25-21(13-19-7-4-12-27-19)24-15-18(22(26)23-14-16-8-9-16)10-11-20(24)17-5-2-1-3-6-17/h1-7,12,16,18,20H,8-11,13-15H2,(H,23,26). The number of nitrogens with one attached hydrogen (secondary N) is 1. The fraction of sp³-hybridized carbons (Fsp3) is 0.455. The van der Waals surface area contributed by atoms with Gasteiger partial charge in [-0.05, 0) is 48.6 Å². The molecule has 1 aromatic carbocycles. The van der Waals surface area contributed by atoms with Gasteiger partial charge in [0.05, 0.1) is 18.4 Å². The molecule has 0 radical (unpaired) electrons. The van der Waals surface area contributed by atoms with Crippen LogP contribution in [0.3, 0.4) is 0 Å². The first-order valence-corrected chi connectivity index (χ1v) is 10.7. The van der Waals surface area contributed by atoms with E-state index in [0.717, 1.165) is 29.8 Å². The first-order chi connectivity index (χ1) is 13.2. The summed E-state index contributed by atoms with van der Waals surface area (Å²) in [7, 11) is 0. The van der Waals surface area contributed by atoms with Gasteiger partial charge in [0.1, 0.15) is 0 Å². The number of amides is 2. The molecule has 1 saturated heterocycles. The molecule has 2 aliphatic rings. The van der Waals surface area contributed by atoms with Crippen molar-refractivity contribution in [2.24, 2.45) is 11.8 Å². The van der Waals surface area contributed by atoms with E-state index in [9.17, 15) is 9.59 Å². The van der Waals surface area contributed by atoms with Crippen molar-refractivity contribution in [3.63, 3.8) is 0 Å². The minimum Gasteiger partial charge on any atom is -0.356 e. The maximum absolute atomic E-state index is 13.1. The van der Waals surface area contributed by atoms with Crippen LogP contribution in [0.25, 0.3) is 0 Å². The van der Waals surface area contributed by atoms with Crippen LogP contribution in [0.1, 0.15) is 42.2 Å². The highest BCUT2D eigenvalue weighted by molar-refractivity contribution is 7.10. The number of rotatable bonds is 6. The molecule has 2 unspecified atom stereocenters. The topological polar surface area (TPSA) is 49.4 Å². The van der Waals surface area contributed by atoms with E-state index < -0.39 is 0 Å². The average molecular weight is 383 g/mol. The lowest BCUT2D eigenvalue weighted by molar-refractivity contribution is -0.138. The molecule has 2 aromatic rings. The van der Waals surface area contributed by atoms with Crippen LogP contribution in [-0.4, -0.2) is 29.8 Å². The van der Waals surface area contributed by atoms with Gasteiger partial charge in [0, 0.05) is 18.0 Å². The third kappa shape index (κ3) is 4.59. The molecule has 0 spiro atoms. The van der Waals surface area contributed by atoms with E-state index in [0.29, 0.717) is 18.9 Å². The molecule has 5 heteroatoms. The molecule has 27 heavy (non-hydrogen) atoms. The van der Waals surface area contributed by atoms with E-state index in [4.69, 9.17) is 0 Å². The molecule has 1 aliphatic heterocycles. The van der Waals surface area contributed by atoms with Crippen molar-refractivity contribution in [3.8, 4) is 0 Å². The smallest absolute Gasteiger partial charge is 0.228 e. The number of carbonyl (C=O) groups excluding carboxylic acids is 2. The Bertz CT molecular complexity index is 771. The number of nitrogens with zero attached hydrogens (tertiary/aromatic N) is 1. The summed E-state index contributed by atoms with van der Waals surface area (Å²) in [5.41, 5.74) is 1.16. The minimum absolute atomic E-state index is 0.0612. The Balaban J connectivity index is 1.48. The number of carbonyl (C=O) groups is 2. The molecule has 2 amide bonds. The lowest BCUT2D eigenvalue weighted by Crippen LogP contribution is -2.47. The van der Waals surface area contributed by atoms with Crippen molar-refractivity contribution in [2.45, 2.75) is 38.1 Å². The van der Waals surface area contributed by atoms with Gasteiger partial charge in [0.25, 0.3) is 0 Å². The number of benzene rings is 1. The Kier molecular flexibility index (Phi) is 5.58. The van der Waals surface area contributed by atoms with Crippen LogP contribution in [0.5, 0.6) is 0 Å². The van der Waals surface area contributed by atoms with Gasteiger partial charge < -0.3 is 10.2 Å². The Morgan fingerprint density at radius 3 is 2.56 bits per heavy atom. The molecule has 2 atom stereocenters. The van der Waals surface area contributed by atoms with Crippen molar-refractivity contribution >= 4 is 23.2 Å². The van der Waals surface area contributed by atoms with Crippen LogP contribution in [-0.2, 0) is 16.0 Å². The third-order valence-corrected chi connectivity index (χ3v) is 6.50. The first-order valence-electron chi connectivity index (χ1n) is 9.85. The van der Waals surface area contributed by atoms with Gasteiger partial charge in [0.2, 0.25) is 11.8 Å². The molecule has 0 bridgehead atoms. The summed E-state index contributed by atoms with van der Waals surface area (Å²) in [5, 5.41) is 5.10. The summed E-state index contributed by atoms with van der Waals surface area (Å²) in [6.07, 6.45) is 4.54. The van der Waals surface area contributed by atoms with Crippen LogP contribution in [0.2, 0.25) is 0 Å². The highest BCUT2D eigenvalue weighted by Gasteiger charge is 2.35. The predicted molar refractivity (Wildman–Crippen MR) is 107 cm³/mol. The molecule has 2 fully saturated rings. The number of likely N-dealkylation sites (tertiary alicyclic amines) is 1. The molecule has 2 heterocycles. The molecule has 1 N–H and O–H groups in total. The Morgan fingerprint density at radius 2 is 1.85 bits per heavy atom. The zero-order chi connectivity index (χ0) is 18.6. The zero-order valence-electron chi connectivity index (χ0n) is 15.5. The van der Waals surface area contributed by atoms with Gasteiger partial charge in [-0.25, -0.2) is 0 Å². The normalized spacial score (nSPS) is 22.4. The molecule has 1 aromatic heterocycles. The van der Waals surface area contributed by atoms with Gasteiger partial charge in [-0.15, -0.1) is 11.3 Å². The lowest BCUT2D eigenvalue weighted by atomic mass is 9.88. The highest BCUT2D eigenvalue weighted by atomic mass is 32.1. The summed E-state index contributed by atoms with van der Waals surface area (Å²) >= 11 is 1.61. The van der Waals surface area contributed by atoms with Gasteiger partial charge in [-0.1, -0.05) is 36.4 Å². The summed E-state index contributed by atoms with van der Waals surface area (Å²) in [4.78, 5) is 28.7. The summed E-state index contributed by atoms with van der Waals surface area (Å²) in [6, 6.07) is 14.3. The van der Waals surface area contributed by atoms with E-state index in [-0.39, 0.29) is 23.8 Å². The van der Waals surface area contributed by atoms with Crippen LogP contribution in [0, 0.1) is 11.8 Å². The number of hydrogen-bond donors (Lipinski definition) is 1. The summed E-state index contributed by atoms with van der Waals surface area (Å²) in [6.45, 7) is 1.31. The van der Waals surface area contributed by atoms with Crippen LogP contribution < -0.4 is 5.32 Å². The molecule has 4 rings (SSSR count). The van der Waals surface area contributed by atoms with Gasteiger partial charge in [-0.3, -0.25) is 9.59 Å². The fourth-order valence-corrected chi connectivity index (χ4v) is 4.55. The summed E-state index contributed by atoms with van der Waals surface area (Å²) < 4.78 is 0. The van der Waals surface area contributed by atoms with E-state index in [1.807, 2.05) is 40.6 Å². The Hall–Kier alpha value is -2.14. The van der Waals surface area contributed by atoms with Crippen molar-refractivity contribution in [2.75, 3.05) is 13.1 Å². The van der Waals surface area contributed by atoms with Crippen molar-refractivity contribution in [1.82, 2.24) is 10.2 Å². The number of hydrogen-bond acceptors (Lipinski definition) is 3. The molecule has 142 valence electrons. The van der Waals surface area contributed by atoms with Crippen LogP contribution >= 0.6 is 11.3 Å². The maximum Gasteiger partial charge on any atom is 0.228 e. The SMILES string of the molecule is O=C(NCC1CC1)C1CCC(c2ccccc2)N(C(=O)Cc2cccs2)C1. The minimum atomic E-state index is -0.101. The van der Waals surface area contributed by atoms with Crippen molar-refractivity contribution in [1.29, 1.82) is 0 Å². The average Bonchev–Trinajstić information content (AvgIpc) is 3.41. The zero-order valence-corrected chi connectivity index (χ0v) is 16.3.